The van der Waals surface area contributed by atoms with Gasteiger partial charge in [-0.1, -0.05) is 42.4 Å². The smallest absolute Gasteiger partial charge is 0.0315 e. The van der Waals surface area contributed by atoms with Crippen LogP contribution in [-0.4, -0.2) is 0 Å². The lowest BCUT2D eigenvalue weighted by atomic mass is 9.91. The van der Waals surface area contributed by atoms with E-state index in [1.165, 1.54) is 37.7 Å². The molecule has 0 N–H and O–H groups in total. The molecule has 0 heteroatoms. The van der Waals surface area contributed by atoms with Crippen molar-refractivity contribution in [3.63, 3.8) is 0 Å². The molecule has 66 valence electrons. The Bertz CT molecular complexity index is 198. The Kier molecular flexibility index (Phi) is 3.86. The molecule has 0 aromatic heterocycles. The summed E-state index contributed by atoms with van der Waals surface area (Å²) < 4.78 is 0. The van der Waals surface area contributed by atoms with E-state index >= 15 is 0 Å². The van der Waals surface area contributed by atoms with Gasteiger partial charge in [-0.2, -0.15) is 0 Å². The summed E-state index contributed by atoms with van der Waals surface area (Å²) in [5, 5.41) is 0. The molecule has 1 rings (SSSR count). The highest BCUT2D eigenvalue weighted by Crippen LogP contribution is 2.25. The van der Waals surface area contributed by atoms with Crippen molar-refractivity contribution in [2.45, 2.75) is 39.0 Å². The van der Waals surface area contributed by atoms with Crippen molar-refractivity contribution >= 4 is 0 Å². The maximum atomic E-state index is 3.67. The molecule has 0 amide bonds. The van der Waals surface area contributed by atoms with Crippen LogP contribution in [0.25, 0.3) is 0 Å². The second kappa shape index (κ2) is 4.97. The van der Waals surface area contributed by atoms with Crippen molar-refractivity contribution < 1.29 is 0 Å². The molecular weight excluding hydrogens is 144 g/mol. The first kappa shape index (κ1) is 9.31. The topological polar surface area (TPSA) is 0 Å². The zero-order chi connectivity index (χ0) is 8.81. The van der Waals surface area contributed by atoms with Crippen molar-refractivity contribution in [1.82, 2.24) is 0 Å². The third-order valence-corrected chi connectivity index (χ3v) is 2.50. The highest BCUT2D eigenvalue weighted by atomic mass is 14.1. The summed E-state index contributed by atoms with van der Waals surface area (Å²) in [4.78, 5) is 0. The molecule has 0 spiro atoms. The van der Waals surface area contributed by atoms with Gasteiger partial charge in [0.1, 0.15) is 0 Å². The predicted octanol–water partition coefficient (Wildman–Crippen LogP) is 4.01. The molecule has 0 aromatic rings. The molecule has 0 heterocycles. The summed E-state index contributed by atoms with van der Waals surface area (Å²) in [7, 11) is 0. The predicted molar refractivity (Wildman–Crippen MR) is 55.1 cm³/mol. The van der Waals surface area contributed by atoms with Gasteiger partial charge in [0.2, 0.25) is 0 Å². The Hall–Kier alpha value is -0.780. The van der Waals surface area contributed by atoms with Crippen LogP contribution in [-0.2, 0) is 0 Å². The van der Waals surface area contributed by atoms with Crippen molar-refractivity contribution in [2.75, 3.05) is 0 Å². The largest absolute Gasteiger partial charge is 0.0991 e. The van der Waals surface area contributed by atoms with Gasteiger partial charge in [-0.3, -0.25) is 0 Å². The van der Waals surface area contributed by atoms with Crippen LogP contribution in [0.3, 0.4) is 0 Å². The molecule has 0 bridgehead atoms. The second-order valence-electron chi connectivity index (χ2n) is 3.44. The van der Waals surface area contributed by atoms with Crippen LogP contribution in [0, 0.1) is 0 Å². The number of rotatable bonds is 2. The lowest BCUT2D eigenvalue weighted by Gasteiger charge is -2.15. The minimum Gasteiger partial charge on any atom is -0.0991 e. The molecule has 1 aliphatic carbocycles. The van der Waals surface area contributed by atoms with E-state index in [0.29, 0.717) is 0 Å². The summed E-state index contributed by atoms with van der Waals surface area (Å²) in [6, 6.07) is 0. The monoisotopic (exact) mass is 162 g/mol. The molecule has 0 atom stereocenters. The Morgan fingerprint density at radius 2 is 1.92 bits per heavy atom. The first-order valence-corrected chi connectivity index (χ1v) is 4.82. The summed E-state index contributed by atoms with van der Waals surface area (Å²) in [6.45, 7) is 5.88. The molecular formula is C12H18. The average Bonchev–Trinajstić information content (AvgIpc) is 2.15. The summed E-state index contributed by atoms with van der Waals surface area (Å²) >= 11 is 0. The number of hydrogen-bond donors (Lipinski definition) is 0. The first-order valence-electron chi connectivity index (χ1n) is 4.82. The van der Waals surface area contributed by atoms with Crippen LogP contribution in [0.4, 0.5) is 0 Å². The van der Waals surface area contributed by atoms with Crippen LogP contribution in [0.2, 0.25) is 0 Å². The van der Waals surface area contributed by atoms with Crippen molar-refractivity contribution in [1.29, 1.82) is 0 Å². The maximum Gasteiger partial charge on any atom is -0.0315 e. The lowest BCUT2D eigenvalue weighted by molar-refractivity contribution is 0.595. The Morgan fingerprint density at radius 3 is 2.50 bits per heavy atom. The number of hydrogen-bond acceptors (Lipinski definition) is 0. The van der Waals surface area contributed by atoms with Gasteiger partial charge in [-0.05, 0) is 32.6 Å². The fourth-order valence-electron chi connectivity index (χ4n) is 1.70. The zero-order valence-corrected chi connectivity index (χ0v) is 7.97. The maximum absolute atomic E-state index is 3.67. The van der Waals surface area contributed by atoms with E-state index in [0.717, 1.165) is 0 Å². The van der Waals surface area contributed by atoms with Gasteiger partial charge >= 0.3 is 0 Å². The molecule has 1 fully saturated rings. The van der Waals surface area contributed by atoms with E-state index in [1.54, 1.807) is 5.57 Å². The van der Waals surface area contributed by atoms with Gasteiger partial charge in [0.05, 0.1) is 0 Å². The van der Waals surface area contributed by atoms with E-state index in [1.807, 2.05) is 12.2 Å². The van der Waals surface area contributed by atoms with E-state index in [9.17, 15) is 0 Å². The minimum absolute atomic E-state index is 1.31. The first-order chi connectivity index (χ1) is 5.84. The number of allylic oxidation sites excluding steroid dienone is 5. The average molecular weight is 162 g/mol. The molecule has 0 nitrogen and oxygen atoms in total. The van der Waals surface area contributed by atoms with Gasteiger partial charge in [0.15, 0.2) is 0 Å². The van der Waals surface area contributed by atoms with E-state index in [4.69, 9.17) is 0 Å². The highest BCUT2D eigenvalue weighted by molar-refractivity contribution is 5.26. The summed E-state index contributed by atoms with van der Waals surface area (Å²) in [5.74, 6) is 0. The van der Waals surface area contributed by atoms with Crippen molar-refractivity contribution in [3.8, 4) is 0 Å². The van der Waals surface area contributed by atoms with Crippen LogP contribution in [0.15, 0.2) is 36.0 Å². The SMILES string of the molecule is C=C/C=C\C(C)=C1CCCCC1. The van der Waals surface area contributed by atoms with Crippen LogP contribution in [0.1, 0.15) is 39.0 Å². The van der Waals surface area contributed by atoms with Gasteiger partial charge in [0.25, 0.3) is 0 Å². The standard InChI is InChI=1S/C12H18/c1-3-4-8-11(2)12-9-6-5-7-10-12/h3-4,8H,1,5-7,9-10H2,2H3/b8-4-. The Labute approximate surface area is 75.7 Å². The fraction of sp³-hybridized carbons (Fsp3) is 0.500. The minimum atomic E-state index is 1.31. The fourth-order valence-corrected chi connectivity index (χ4v) is 1.70. The third kappa shape index (κ3) is 2.69. The molecule has 1 saturated carbocycles. The van der Waals surface area contributed by atoms with Gasteiger partial charge in [-0.15, -0.1) is 0 Å². The normalized spacial score (nSPS) is 18.2. The zero-order valence-electron chi connectivity index (χ0n) is 7.97. The van der Waals surface area contributed by atoms with E-state index in [2.05, 4.69) is 19.6 Å². The van der Waals surface area contributed by atoms with E-state index in [-0.39, 0.29) is 0 Å². The van der Waals surface area contributed by atoms with Gasteiger partial charge < -0.3 is 0 Å². The molecule has 0 unspecified atom stereocenters. The van der Waals surface area contributed by atoms with Gasteiger partial charge in [0, 0.05) is 0 Å². The lowest BCUT2D eigenvalue weighted by Crippen LogP contribution is -1.95. The second-order valence-corrected chi connectivity index (χ2v) is 3.44. The molecule has 0 aliphatic heterocycles. The van der Waals surface area contributed by atoms with Gasteiger partial charge in [-0.25, -0.2) is 0 Å². The molecule has 12 heavy (non-hydrogen) atoms. The Morgan fingerprint density at radius 1 is 1.25 bits per heavy atom. The Balaban J connectivity index is 2.60. The van der Waals surface area contributed by atoms with Crippen molar-refractivity contribution in [3.05, 3.63) is 36.0 Å². The van der Waals surface area contributed by atoms with Crippen LogP contribution < -0.4 is 0 Å². The van der Waals surface area contributed by atoms with Crippen molar-refractivity contribution in [2.24, 2.45) is 0 Å². The molecule has 0 radical (unpaired) electrons. The quantitative estimate of drug-likeness (QED) is 0.538. The molecule has 1 aliphatic rings. The van der Waals surface area contributed by atoms with Crippen LogP contribution in [0.5, 0.6) is 0 Å². The molecule has 0 saturated heterocycles. The summed E-state index contributed by atoms with van der Waals surface area (Å²) in [6.07, 6.45) is 12.9. The highest BCUT2D eigenvalue weighted by Gasteiger charge is 2.06. The van der Waals surface area contributed by atoms with Crippen LogP contribution >= 0.6 is 0 Å². The van der Waals surface area contributed by atoms with E-state index < -0.39 is 0 Å². The summed E-state index contributed by atoms with van der Waals surface area (Å²) in [5.41, 5.74) is 3.11. The third-order valence-electron chi connectivity index (χ3n) is 2.50. The molecule has 0 aromatic carbocycles.